The summed E-state index contributed by atoms with van der Waals surface area (Å²) in [7, 11) is 5.94. The molecule has 0 aromatic heterocycles. The summed E-state index contributed by atoms with van der Waals surface area (Å²) in [6, 6.07) is 10.1. The summed E-state index contributed by atoms with van der Waals surface area (Å²) in [5.41, 5.74) is 5.69. The number of methoxy groups -OCH3 is 4. The first-order chi connectivity index (χ1) is 13.5. The van der Waals surface area contributed by atoms with Crippen LogP contribution in [0, 0.1) is 0 Å². The van der Waals surface area contributed by atoms with Crippen LogP contribution in [-0.2, 0) is 4.79 Å². The van der Waals surface area contributed by atoms with Gasteiger partial charge >= 0.3 is 0 Å². The van der Waals surface area contributed by atoms with Crippen LogP contribution in [0.25, 0.3) is 6.08 Å². The van der Waals surface area contributed by atoms with E-state index in [0.29, 0.717) is 17.2 Å². The lowest BCUT2D eigenvalue weighted by Crippen LogP contribution is -2.40. The van der Waals surface area contributed by atoms with E-state index in [4.69, 9.17) is 18.9 Å². The second-order valence-corrected chi connectivity index (χ2v) is 5.46. The zero-order valence-electron chi connectivity index (χ0n) is 16.1. The SMILES string of the molecule is COc1ccc(/C=C/C(=O)NNC(=O)c2cc(OC)c(OC)c(OC)c2)cc1. The molecule has 0 bridgehead atoms. The lowest BCUT2D eigenvalue weighted by molar-refractivity contribution is -0.117. The molecule has 8 heteroatoms. The number of nitrogens with one attached hydrogen (secondary N) is 2. The standard InChI is InChI=1S/C20H22N2O6/c1-25-15-8-5-13(6-9-15)7-10-18(23)21-22-20(24)14-11-16(26-2)19(28-4)17(12-14)27-3/h5-12H,1-4H3,(H,21,23)(H,22,24)/b10-7+. The van der Waals surface area contributed by atoms with E-state index < -0.39 is 11.8 Å². The lowest BCUT2D eigenvalue weighted by Gasteiger charge is -2.14. The summed E-state index contributed by atoms with van der Waals surface area (Å²) in [4.78, 5) is 24.2. The molecule has 2 aromatic rings. The van der Waals surface area contributed by atoms with Crippen molar-refractivity contribution in [2.24, 2.45) is 0 Å². The third kappa shape index (κ3) is 5.16. The topological polar surface area (TPSA) is 95.1 Å². The van der Waals surface area contributed by atoms with Gasteiger partial charge in [-0.05, 0) is 35.9 Å². The highest BCUT2D eigenvalue weighted by Crippen LogP contribution is 2.38. The van der Waals surface area contributed by atoms with Gasteiger partial charge in [-0.3, -0.25) is 20.4 Å². The van der Waals surface area contributed by atoms with Gasteiger partial charge in [0, 0.05) is 11.6 Å². The number of hydrogen-bond donors (Lipinski definition) is 2. The molecule has 0 aliphatic carbocycles. The summed E-state index contributed by atoms with van der Waals surface area (Å²) >= 11 is 0. The monoisotopic (exact) mass is 386 g/mol. The Morgan fingerprint density at radius 2 is 1.43 bits per heavy atom. The maximum Gasteiger partial charge on any atom is 0.269 e. The number of amides is 2. The van der Waals surface area contributed by atoms with Gasteiger partial charge in [0.15, 0.2) is 11.5 Å². The van der Waals surface area contributed by atoms with Gasteiger partial charge in [-0.25, -0.2) is 0 Å². The van der Waals surface area contributed by atoms with E-state index in [2.05, 4.69) is 10.9 Å². The molecular weight excluding hydrogens is 364 g/mol. The molecule has 0 fully saturated rings. The molecule has 0 atom stereocenters. The number of carbonyl (C=O) groups is 2. The van der Waals surface area contributed by atoms with Crippen LogP contribution in [0.4, 0.5) is 0 Å². The number of rotatable bonds is 7. The molecule has 0 spiro atoms. The zero-order chi connectivity index (χ0) is 20.5. The molecule has 28 heavy (non-hydrogen) atoms. The summed E-state index contributed by atoms with van der Waals surface area (Å²) < 4.78 is 20.7. The molecule has 0 heterocycles. The van der Waals surface area contributed by atoms with Crippen molar-refractivity contribution in [3.8, 4) is 23.0 Å². The van der Waals surface area contributed by atoms with Crippen LogP contribution in [0.15, 0.2) is 42.5 Å². The predicted molar refractivity (Wildman–Crippen MR) is 104 cm³/mol. The Labute approximate surface area is 163 Å². The fourth-order valence-corrected chi connectivity index (χ4v) is 2.33. The molecule has 2 aromatic carbocycles. The number of carbonyl (C=O) groups excluding carboxylic acids is 2. The number of benzene rings is 2. The van der Waals surface area contributed by atoms with Crippen LogP contribution in [0.5, 0.6) is 23.0 Å². The molecule has 2 amide bonds. The van der Waals surface area contributed by atoms with E-state index in [0.717, 1.165) is 11.3 Å². The molecule has 0 radical (unpaired) electrons. The van der Waals surface area contributed by atoms with Crippen LogP contribution >= 0.6 is 0 Å². The van der Waals surface area contributed by atoms with Crippen molar-refractivity contribution >= 4 is 17.9 Å². The van der Waals surface area contributed by atoms with Crippen LogP contribution in [0.1, 0.15) is 15.9 Å². The molecule has 0 saturated heterocycles. The van der Waals surface area contributed by atoms with Crippen LogP contribution in [0.3, 0.4) is 0 Å². The highest BCUT2D eigenvalue weighted by Gasteiger charge is 2.17. The third-order valence-electron chi connectivity index (χ3n) is 3.77. The van der Waals surface area contributed by atoms with E-state index in [9.17, 15) is 9.59 Å². The second kappa shape index (κ2) is 9.86. The Balaban J connectivity index is 2.00. The van der Waals surface area contributed by atoms with Crippen molar-refractivity contribution in [1.29, 1.82) is 0 Å². The average Bonchev–Trinajstić information content (AvgIpc) is 2.74. The minimum absolute atomic E-state index is 0.230. The predicted octanol–water partition coefficient (Wildman–Crippen LogP) is 2.20. The highest BCUT2D eigenvalue weighted by molar-refractivity contribution is 5.98. The van der Waals surface area contributed by atoms with Gasteiger partial charge in [0.25, 0.3) is 11.8 Å². The first kappa shape index (κ1) is 20.6. The first-order valence-electron chi connectivity index (χ1n) is 8.24. The van der Waals surface area contributed by atoms with E-state index in [1.807, 2.05) is 0 Å². The van der Waals surface area contributed by atoms with Gasteiger partial charge in [0.05, 0.1) is 28.4 Å². The summed E-state index contributed by atoms with van der Waals surface area (Å²) in [5, 5.41) is 0. The van der Waals surface area contributed by atoms with Crippen molar-refractivity contribution in [1.82, 2.24) is 10.9 Å². The largest absolute Gasteiger partial charge is 0.497 e. The van der Waals surface area contributed by atoms with Gasteiger partial charge in [0.2, 0.25) is 5.75 Å². The summed E-state index contributed by atoms with van der Waals surface area (Å²) in [6.07, 6.45) is 2.91. The van der Waals surface area contributed by atoms with Crippen molar-refractivity contribution < 1.29 is 28.5 Å². The highest BCUT2D eigenvalue weighted by atomic mass is 16.5. The summed E-state index contributed by atoms with van der Waals surface area (Å²) in [5.74, 6) is 0.727. The average molecular weight is 386 g/mol. The maximum atomic E-state index is 12.3. The Kier molecular flexibility index (Phi) is 7.27. The Morgan fingerprint density at radius 1 is 0.821 bits per heavy atom. The van der Waals surface area contributed by atoms with Crippen molar-refractivity contribution in [3.05, 3.63) is 53.6 Å². The molecule has 0 unspecified atom stereocenters. The van der Waals surface area contributed by atoms with E-state index in [1.165, 1.54) is 39.5 Å². The Hall–Kier alpha value is -3.68. The van der Waals surface area contributed by atoms with E-state index >= 15 is 0 Å². The minimum Gasteiger partial charge on any atom is -0.497 e. The van der Waals surface area contributed by atoms with Gasteiger partial charge in [0.1, 0.15) is 5.75 Å². The Bertz CT molecular complexity index is 836. The van der Waals surface area contributed by atoms with Crippen LogP contribution in [-0.4, -0.2) is 40.3 Å². The van der Waals surface area contributed by atoms with Crippen LogP contribution < -0.4 is 29.8 Å². The van der Waals surface area contributed by atoms with Crippen molar-refractivity contribution in [2.75, 3.05) is 28.4 Å². The van der Waals surface area contributed by atoms with E-state index in [1.54, 1.807) is 37.5 Å². The second-order valence-electron chi connectivity index (χ2n) is 5.46. The smallest absolute Gasteiger partial charge is 0.269 e. The van der Waals surface area contributed by atoms with Crippen molar-refractivity contribution in [2.45, 2.75) is 0 Å². The molecule has 2 N–H and O–H groups in total. The fraction of sp³-hybridized carbons (Fsp3) is 0.200. The lowest BCUT2D eigenvalue weighted by atomic mass is 10.1. The molecular formula is C20H22N2O6. The fourth-order valence-electron chi connectivity index (χ4n) is 2.33. The number of ether oxygens (including phenoxy) is 4. The molecule has 0 aliphatic heterocycles. The minimum atomic E-state index is -0.537. The number of hydrazine groups is 1. The third-order valence-corrected chi connectivity index (χ3v) is 3.77. The number of hydrogen-bond acceptors (Lipinski definition) is 6. The summed E-state index contributed by atoms with van der Waals surface area (Å²) in [6.45, 7) is 0. The van der Waals surface area contributed by atoms with Gasteiger partial charge in [-0.2, -0.15) is 0 Å². The zero-order valence-corrected chi connectivity index (χ0v) is 16.1. The van der Waals surface area contributed by atoms with Gasteiger partial charge < -0.3 is 18.9 Å². The maximum absolute atomic E-state index is 12.3. The molecule has 2 rings (SSSR count). The van der Waals surface area contributed by atoms with E-state index in [-0.39, 0.29) is 5.56 Å². The molecule has 148 valence electrons. The normalized spacial score (nSPS) is 10.3. The van der Waals surface area contributed by atoms with Crippen LogP contribution in [0.2, 0.25) is 0 Å². The molecule has 0 aliphatic rings. The quantitative estimate of drug-likeness (QED) is 0.560. The Morgan fingerprint density at radius 3 is 1.93 bits per heavy atom. The van der Waals surface area contributed by atoms with Gasteiger partial charge in [-0.15, -0.1) is 0 Å². The molecule has 8 nitrogen and oxygen atoms in total. The molecule has 0 saturated carbocycles. The van der Waals surface area contributed by atoms with Crippen molar-refractivity contribution in [3.63, 3.8) is 0 Å². The van der Waals surface area contributed by atoms with Gasteiger partial charge in [-0.1, -0.05) is 12.1 Å². The first-order valence-corrected chi connectivity index (χ1v) is 8.24.